The summed E-state index contributed by atoms with van der Waals surface area (Å²) in [6.07, 6.45) is 6.27. The summed E-state index contributed by atoms with van der Waals surface area (Å²) in [4.78, 5) is 2.34. The predicted molar refractivity (Wildman–Crippen MR) is 228 cm³/mol. The Balaban J connectivity index is 1.18. The molecule has 0 N–H and O–H groups in total. The second-order valence-corrected chi connectivity index (χ2v) is 13.5. The average molecular weight is 679 g/mol. The quantitative estimate of drug-likeness (QED) is 0.145. The second-order valence-electron chi connectivity index (χ2n) is 13.5. The summed E-state index contributed by atoms with van der Waals surface area (Å²) in [5, 5.41) is 7.44. The molecule has 252 valence electrons. The molecule has 0 radical (unpaired) electrons. The first-order valence-electron chi connectivity index (χ1n) is 18.1. The number of aromatic nitrogens is 1. The maximum atomic E-state index is 4.11. The van der Waals surface area contributed by atoms with E-state index in [2.05, 4.69) is 211 Å². The highest BCUT2D eigenvalue weighted by molar-refractivity contribution is 6.18. The van der Waals surface area contributed by atoms with E-state index in [4.69, 9.17) is 0 Å². The van der Waals surface area contributed by atoms with E-state index in [-0.39, 0.29) is 0 Å². The van der Waals surface area contributed by atoms with Crippen LogP contribution in [0.1, 0.15) is 12.5 Å². The molecule has 0 saturated heterocycles. The van der Waals surface area contributed by atoms with E-state index in [9.17, 15) is 0 Å². The molecule has 9 aromatic rings. The van der Waals surface area contributed by atoms with Crippen molar-refractivity contribution in [3.05, 3.63) is 218 Å². The SMILES string of the molecule is C=C/C(=C\C=C(/C)N(c1ccc(-c2ccccc2-n2c3ccccc3c3ccc4ccccc4c32)cc1)c1ccc2ccccc2c1)c1ccccc1. The van der Waals surface area contributed by atoms with Gasteiger partial charge in [-0.05, 0) is 82.3 Å². The molecule has 0 atom stereocenters. The van der Waals surface area contributed by atoms with E-state index in [0.29, 0.717) is 0 Å². The van der Waals surface area contributed by atoms with Gasteiger partial charge in [0, 0.05) is 38.8 Å². The van der Waals surface area contributed by atoms with Crippen LogP contribution in [-0.2, 0) is 0 Å². The fraction of sp³-hybridized carbons (Fsp3) is 0.0196. The van der Waals surface area contributed by atoms with E-state index in [0.717, 1.165) is 39.5 Å². The van der Waals surface area contributed by atoms with Crippen LogP contribution in [0, 0.1) is 0 Å². The van der Waals surface area contributed by atoms with Crippen LogP contribution in [0.2, 0.25) is 0 Å². The Morgan fingerprint density at radius 1 is 0.528 bits per heavy atom. The molecule has 1 aromatic heterocycles. The second kappa shape index (κ2) is 13.7. The van der Waals surface area contributed by atoms with Crippen molar-refractivity contribution in [3.63, 3.8) is 0 Å². The molecule has 0 unspecified atom stereocenters. The third kappa shape index (κ3) is 5.81. The molecule has 0 saturated carbocycles. The minimum atomic E-state index is 1.08. The highest BCUT2D eigenvalue weighted by Gasteiger charge is 2.18. The fourth-order valence-corrected chi connectivity index (χ4v) is 7.75. The first-order chi connectivity index (χ1) is 26.2. The molecule has 53 heavy (non-hydrogen) atoms. The van der Waals surface area contributed by atoms with Gasteiger partial charge in [-0.25, -0.2) is 0 Å². The van der Waals surface area contributed by atoms with E-state index >= 15 is 0 Å². The Morgan fingerprint density at radius 3 is 1.98 bits per heavy atom. The normalized spacial score (nSPS) is 12.2. The van der Waals surface area contributed by atoms with Crippen LogP contribution < -0.4 is 4.90 Å². The molecular formula is C51H38N2. The summed E-state index contributed by atoms with van der Waals surface area (Å²) >= 11 is 0. The molecule has 0 bridgehead atoms. The minimum Gasteiger partial charge on any atom is -0.314 e. The zero-order chi connectivity index (χ0) is 35.7. The van der Waals surface area contributed by atoms with Gasteiger partial charge in [-0.3, -0.25) is 0 Å². The van der Waals surface area contributed by atoms with Crippen molar-refractivity contribution >= 4 is 60.3 Å². The van der Waals surface area contributed by atoms with Gasteiger partial charge in [0.1, 0.15) is 0 Å². The van der Waals surface area contributed by atoms with Gasteiger partial charge >= 0.3 is 0 Å². The van der Waals surface area contributed by atoms with Crippen molar-refractivity contribution < 1.29 is 0 Å². The van der Waals surface area contributed by atoms with E-state index in [1.165, 1.54) is 48.9 Å². The number of anilines is 2. The van der Waals surface area contributed by atoms with Gasteiger partial charge in [0.2, 0.25) is 0 Å². The maximum absolute atomic E-state index is 4.11. The van der Waals surface area contributed by atoms with Gasteiger partial charge in [0.15, 0.2) is 0 Å². The molecule has 2 heteroatoms. The number of para-hydroxylation sites is 2. The zero-order valence-electron chi connectivity index (χ0n) is 29.7. The van der Waals surface area contributed by atoms with E-state index in [1.54, 1.807) is 0 Å². The molecule has 8 aromatic carbocycles. The summed E-state index contributed by atoms with van der Waals surface area (Å²) in [5.41, 5.74) is 11.5. The number of hydrogen-bond donors (Lipinski definition) is 0. The number of benzene rings is 8. The molecule has 0 fully saturated rings. The average Bonchev–Trinajstić information content (AvgIpc) is 3.56. The van der Waals surface area contributed by atoms with Crippen LogP contribution in [0.25, 0.3) is 65.7 Å². The van der Waals surface area contributed by atoms with Crippen molar-refractivity contribution in [3.8, 4) is 16.8 Å². The Hall–Kier alpha value is -6.90. The lowest BCUT2D eigenvalue weighted by atomic mass is 10.0. The fourth-order valence-electron chi connectivity index (χ4n) is 7.75. The van der Waals surface area contributed by atoms with Crippen LogP contribution in [0.15, 0.2) is 212 Å². The van der Waals surface area contributed by atoms with Crippen molar-refractivity contribution in [1.29, 1.82) is 0 Å². The van der Waals surface area contributed by atoms with Crippen molar-refractivity contribution in [2.75, 3.05) is 4.90 Å². The third-order valence-corrected chi connectivity index (χ3v) is 10.3. The number of allylic oxidation sites excluding steroid dienone is 5. The lowest BCUT2D eigenvalue weighted by Gasteiger charge is -2.26. The van der Waals surface area contributed by atoms with Gasteiger partial charge in [0.25, 0.3) is 0 Å². The van der Waals surface area contributed by atoms with Crippen LogP contribution in [-0.4, -0.2) is 4.57 Å². The highest BCUT2D eigenvalue weighted by atomic mass is 15.1. The topological polar surface area (TPSA) is 8.17 Å². The lowest BCUT2D eigenvalue weighted by Crippen LogP contribution is -2.14. The van der Waals surface area contributed by atoms with Gasteiger partial charge < -0.3 is 9.47 Å². The molecule has 1 heterocycles. The zero-order valence-corrected chi connectivity index (χ0v) is 29.7. The first kappa shape index (κ1) is 32.0. The molecular weight excluding hydrogens is 641 g/mol. The summed E-state index contributed by atoms with van der Waals surface area (Å²) in [5.74, 6) is 0. The first-order valence-corrected chi connectivity index (χ1v) is 18.1. The van der Waals surface area contributed by atoms with Crippen LogP contribution in [0.5, 0.6) is 0 Å². The Kier molecular flexibility index (Phi) is 8.26. The summed E-state index contributed by atoms with van der Waals surface area (Å²) in [6, 6.07) is 65.4. The Labute approximate surface area is 310 Å². The van der Waals surface area contributed by atoms with E-state index < -0.39 is 0 Å². The third-order valence-electron chi connectivity index (χ3n) is 10.3. The van der Waals surface area contributed by atoms with Crippen molar-refractivity contribution in [2.24, 2.45) is 0 Å². The molecule has 0 amide bonds. The highest BCUT2D eigenvalue weighted by Crippen LogP contribution is 2.40. The molecule has 0 aliphatic carbocycles. The summed E-state index contributed by atoms with van der Waals surface area (Å²) < 4.78 is 2.46. The predicted octanol–water partition coefficient (Wildman–Crippen LogP) is 14.1. The van der Waals surface area contributed by atoms with Gasteiger partial charge in [-0.2, -0.15) is 0 Å². The Morgan fingerprint density at radius 2 is 1.17 bits per heavy atom. The molecule has 2 nitrogen and oxygen atoms in total. The lowest BCUT2D eigenvalue weighted by molar-refractivity contribution is 1.16. The molecule has 0 aliphatic rings. The van der Waals surface area contributed by atoms with Crippen LogP contribution in [0.3, 0.4) is 0 Å². The van der Waals surface area contributed by atoms with Crippen molar-refractivity contribution in [1.82, 2.24) is 4.57 Å². The molecule has 9 rings (SSSR count). The maximum Gasteiger partial charge on any atom is 0.0619 e. The summed E-state index contributed by atoms with van der Waals surface area (Å²) in [7, 11) is 0. The van der Waals surface area contributed by atoms with E-state index in [1.807, 2.05) is 12.1 Å². The summed E-state index contributed by atoms with van der Waals surface area (Å²) in [6.45, 7) is 6.28. The van der Waals surface area contributed by atoms with Gasteiger partial charge in [0.05, 0.1) is 16.7 Å². The largest absolute Gasteiger partial charge is 0.314 e. The smallest absolute Gasteiger partial charge is 0.0619 e. The molecule has 0 aliphatic heterocycles. The standard InChI is InChI=1S/C51H38N2/c1-3-37(38-15-5-4-6-16-38)26-25-36(2)52(44-33-27-39-17-7-8-19-42(39)35-44)43-31-28-41(29-32-43)45-20-11-13-23-49(45)53-50-24-14-12-22-47(50)48-34-30-40-18-9-10-21-46(40)51(48)53/h3-35H,1H2,2H3/b36-25+,37-26+. The van der Waals surface area contributed by atoms with Gasteiger partial charge in [-0.15, -0.1) is 0 Å². The monoisotopic (exact) mass is 678 g/mol. The molecule has 0 spiro atoms. The number of rotatable bonds is 8. The van der Waals surface area contributed by atoms with Crippen LogP contribution in [0.4, 0.5) is 11.4 Å². The van der Waals surface area contributed by atoms with Crippen LogP contribution >= 0.6 is 0 Å². The van der Waals surface area contributed by atoms with Crippen molar-refractivity contribution in [2.45, 2.75) is 6.92 Å². The Bertz CT molecular complexity index is 2850. The minimum absolute atomic E-state index is 1.08. The number of fused-ring (bicyclic) bond motifs is 6. The number of hydrogen-bond acceptors (Lipinski definition) is 1. The number of nitrogens with zero attached hydrogens (tertiary/aromatic N) is 2. The van der Waals surface area contributed by atoms with Gasteiger partial charge in [-0.1, -0.05) is 164 Å².